The van der Waals surface area contributed by atoms with Crippen molar-refractivity contribution in [1.82, 2.24) is 10.8 Å². The first-order valence-corrected chi connectivity index (χ1v) is 5.70. The Hall–Kier alpha value is -1.23. The lowest BCUT2D eigenvalue weighted by atomic mass is 10.6. The van der Waals surface area contributed by atoms with Crippen molar-refractivity contribution in [2.45, 2.75) is 0 Å². The fourth-order valence-electron chi connectivity index (χ4n) is 0.585. The van der Waals surface area contributed by atoms with E-state index in [1.807, 2.05) is 5.32 Å². The second-order valence-corrected chi connectivity index (χ2v) is 4.21. The summed E-state index contributed by atoms with van der Waals surface area (Å²) in [5.74, 6) is -2.40. The highest BCUT2D eigenvalue weighted by atomic mass is 32.2. The van der Waals surface area contributed by atoms with Crippen LogP contribution in [0.4, 0.5) is 0 Å². The van der Waals surface area contributed by atoms with Gasteiger partial charge in [-0.2, -0.15) is 8.42 Å². The van der Waals surface area contributed by atoms with Crippen LogP contribution in [-0.2, 0) is 24.5 Å². The molecule has 0 heterocycles. The number of hydrogen-bond donors (Lipinski definition) is 4. The van der Waals surface area contributed by atoms with Crippen LogP contribution in [0.3, 0.4) is 0 Å². The molecule has 0 atom stereocenters. The molecule has 0 aliphatic rings. The minimum Gasteiger partial charge on any atom is -0.480 e. The van der Waals surface area contributed by atoms with Crippen LogP contribution in [0.15, 0.2) is 0 Å². The highest BCUT2D eigenvalue weighted by Gasteiger charge is 2.05. The van der Waals surface area contributed by atoms with E-state index >= 15 is 0 Å². The number of hydrogen-bond acceptors (Lipinski definition) is 6. The summed E-state index contributed by atoms with van der Waals surface area (Å²) in [6, 6.07) is 0. The number of amides is 1. The molecule has 0 spiro atoms. The molecule has 94 valence electrons. The summed E-state index contributed by atoms with van der Waals surface area (Å²) in [6.45, 7) is -1.17. The lowest BCUT2D eigenvalue weighted by molar-refractivity contribution is -0.139. The molecule has 0 saturated carbocycles. The average molecular weight is 256 g/mol. The average Bonchev–Trinajstić information content (AvgIpc) is 2.12. The molecule has 0 unspecified atom stereocenters. The van der Waals surface area contributed by atoms with Gasteiger partial charge in [0.25, 0.3) is 10.1 Å². The van der Waals surface area contributed by atoms with Crippen molar-refractivity contribution >= 4 is 22.0 Å². The van der Waals surface area contributed by atoms with E-state index in [0.29, 0.717) is 0 Å². The molecular formula is C6H12N2O7S. The van der Waals surface area contributed by atoms with Crippen LogP contribution in [0.5, 0.6) is 0 Å². The molecule has 1 amide bonds. The number of nitrogens with one attached hydrogen (secondary N) is 2. The molecule has 16 heavy (non-hydrogen) atoms. The standard InChI is InChI=1S/C6H12N2O7S/c9-5(7-3-6(10)11)4-15-8-1-2-16(12,13)14/h8H,1-4H2,(H,7,9)(H,10,11)(H,12,13,14). The van der Waals surface area contributed by atoms with Crippen molar-refractivity contribution in [3.05, 3.63) is 0 Å². The van der Waals surface area contributed by atoms with Crippen LogP contribution in [0, 0.1) is 0 Å². The molecule has 0 aromatic rings. The highest BCUT2D eigenvalue weighted by molar-refractivity contribution is 7.85. The summed E-state index contributed by atoms with van der Waals surface area (Å²) >= 11 is 0. The first-order chi connectivity index (χ1) is 7.31. The number of hydroxylamine groups is 1. The molecule has 10 heteroatoms. The Bertz CT molecular complexity index is 339. The van der Waals surface area contributed by atoms with Crippen molar-refractivity contribution in [3.63, 3.8) is 0 Å². The van der Waals surface area contributed by atoms with E-state index in [-0.39, 0.29) is 6.54 Å². The Morgan fingerprint density at radius 1 is 1.31 bits per heavy atom. The number of carbonyl (C=O) groups excluding carboxylic acids is 1. The molecule has 0 aliphatic heterocycles. The third kappa shape index (κ3) is 10.8. The third-order valence-corrected chi connectivity index (χ3v) is 1.92. The quantitative estimate of drug-likeness (QED) is 0.214. The van der Waals surface area contributed by atoms with Crippen molar-refractivity contribution in [3.8, 4) is 0 Å². The van der Waals surface area contributed by atoms with Gasteiger partial charge in [0.05, 0.1) is 5.75 Å². The minimum absolute atomic E-state index is 0.189. The zero-order valence-corrected chi connectivity index (χ0v) is 8.99. The summed E-state index contributed by atoms with van der Waals surface area (Å²) in [7, 11) is -4.07. The van der Waals surface area contributed by atoms with Gasteiger partial charge in [0.1, 0.15) is 13.2 Å². The van der Waals surface area contributed by atoms with Crippen LogP contribution in [-0.4, -0.2) is 55.4 Å². The predicted molar refractivity (Wildman–Crippen MR) is 51.0 cm³/mol. The van der Waals surface area contributed by atoms with Gasteiger partial charge in [-0.15, -0.1) is 0 Å². The van der Waals surface area contributed by atoms with Crippen LogP contribution < -0.4 is 10.8 Å². The molecule has 4 N–H and O–H groups in total. The van der Waals surface area contributed by atoms with Crippen LogP contribution in [0.2, 0.25) is 0 Å². The summed E-state index contributed by atoms with van der Waals surface area (Å²) in [4.78, 5) is 25.3. The summed E-state index contributed by atoms with van der Waals surface area (Å²) in [5, 5.41) is 10.2. The van der Waals surface area contributed by atoms with Crippen molar-refractivity contribution in [1.29, 1.82) is 0 Å². The summed E-state index contributed by atoms with van der Waals surface area (Å²) < 4.78 is 28.7. The van der Waals surface area contributed by atoms with E-state index in [1.54, 1.807) is 0 Å². The van der Waals surface area contributed by atoms with Gasteiger partial charge in [0, 0.05) is 6.54 Å². The molecule has 0 rings (SSSR count). The normalized spacial score (nSPS) is 11.1. The molecule has 0 aromatic heterocycles. The Labute approximate surface area is 91.5 Å². The topological polar surface area (TPSA) is 142 Å². The number of rotatable bonds is 8. The first kappa shape index (κ1) is 14.8. The van der Waals surface area contributed by atoms with Crippen LogP contribution >= 0.6 is 0 Å². The third-order valence-electron chi connectivity index (χ3n) is 1.20. The largest absolute Gasteiger partial charge is 0.480 e. The fraction of sp³-hybridized carbons (Fsp3) is 0.667. The summed E-state index contributed by atoms with van der Waals surface area (Å²) in [6.07, 6.45) is 0. The predicted octanol–water partition coefficient (Wildman–Crippen LogP) is -2.40. The SMILES string of the molecule is O=C(O)CNC(=O)CONCCS(=O)(=O)O. The van der Waals surface area contributed by atoms with E-state index in [4.69, 9.17) is 9.66 Å². The van der Waals surface area contributed by atoms with Gasteiger partial charge in [-0.05, 0) is 0 Å². The second kappa shape index (κ2) is 7.11. The molecule has 0 aliphatic carbocycles. The molecule has 9 nitrogen and oxygen atoms in total. The molecule has 0 saturated heterocycles. The number of carbonyl (C=O) groups is 2. The Kier molecular flexibility index (Phi) is 6.56. The first-order valence-electron chi connectivity index (χ1n) is 4.09. The maximum absolute atomic E-state index is 10.8. The number of aliphatic carboxylic acids is 1. The number of carboxylic acids is 1. The van der Waals surface area contributed by atoms with Crippen LogP contribution in [0.1, 0.15) is 0 Å². The lowest BCUT2D eigenvalue weighted by Gasteiger charge is -2.04. The van der Waals surface area contributed by atoms with Gasteiger partial charge in [0.2, 0.25) is 5.91 Å². The zero-order chi connectivity index (χ0) is 12.6. The van der Waals surface area contributed by atoms with Gasteiger partial charge in [0.15, 0.2) is 0 Å². The van der Waals surface area contributed by atoms with E-state index in [2.05, 4.69) is 10.3 Å². The monoisotopic (exact) mass is 256 g/mol. The van der Waals surface area contributed by atoms with E-state index in [0.717, 1.165) is 0 Å². The van der Waals surface area contributed by atoms with E-state index < -0.39 is 40.9 Å². The number of carboxylic acid groups (broad SMARTS) is 1. The molecule has 0 fully saturated rings. The summed E-state index contributed by atoms with van der Waals surface area (Å²) in [5.41, 5.74) is 2.11. The van der Waals surface area contributed by atoms with Gasteiger partial charge in [-0.25, -0.2) is 5.48 Å². The Morgan fingerprint density at radius 3 is 2.44 bits per heavy atom. The van der Waals surface area contributed by atoms with Crippen LogP contribution in [0.25, 0.3) is 0 Å². The maximum Gasteiger partial charge on any atom is 0.322 e. The van der Waals surface area contributed by atoms with Gasteiger partial charge in [-0.1, -0.05) is 0 Å². The maximum atomic E-state index is 10.8. The second-order valence-electron chi connectivity index (χ2n) is 2.64. The van der Waals surface area contributed by atoms with E-state index in [9.17, 15) is 18.0 Å². The van der Waals surface area contributed by atoms with Gasteiger partial charge >= 0.3 is 5.97 Å². The Balaban J connectivity index is 3.45. The van der Waals surface area contributed by atoms with Gasteiger partial charge in [-0.3, -0.25) is 19.0 Å². The Morgan fingerprint density at radius 2 is 1.94 bits per heavy atom. The van der Waals surface area contributed by atoms with Crippen molar-refractivity contribution in [2.24, 2.45) is 0 Å². The highest BCUT2D eigenvalue weighted by Crippen LogP contribution is 1.79. The smallest absolute Gasteiger partial charge is 0.322 e. The molecular weight excluding hydrogens is 244 g/mol. The minimum atomic E-state index is -4.07. The zero-order valence-electron chi connectivity index (χ0n) is 8.17. The molecule has 0 aromatic carbocycles. The molecule has 0 radical (unpaired) electrons. The van der Waals surface area contributed by atoms with E-state index in [1.165, 1.54) is 0 Å². The van der Waals surface area contributed by atoms with Gasteiger partial charge < -0.3 is 10.4 Å². The lowest BCUT2D eigenvalue weighted by Crippen LogP contribution is -2.35. The van der Waals surface area contributed by atoms with Crippen molar-refractivity contribution < 1.29 is 32.5 Å². The fourth-order valence-corrected chi connectivity index (χ4v) is 0.926. The molecule has 0 bridgehead atoms. The van der Waals surface area contributed by atoms with Crippen molar-refractivity contribution in [2.75, 3.05) is 25.4 Å².